The van der Waals surface area contributed by atoms with Crippen LogP contribution in [0, 0.1) is 15.9 Å². The molecule has 0 aliphatic heterocycles. The number of rotatable bonds is 7. The summed E-state index contributed by atoms with van der Waals surface area (Å²) < 4.78 is 12.9. The van der Waals surface area contributed by atoms with Gasteiger partial charge in [0.2, 0.25) is 5.91 Å². The Bertz CT molecular complexity index is 752. The number of benzene rings is 2. The number of hydrogen-bond donors (Lipinski definition) is 3. The van der Waals surface area contributed by atoms with Crippen LogP contribution in [0.15, 0.2) is 48.5 Å². The number of carbonyl (C=O) groups excluding carboxylic acids is 1. The number of anilines is 1. The largest absolute Gasteiger partial charge is 0.386 e. The molecule has 2 atom stereocenters. The summed E-state index contributed by atoms with van der Waals surface area (Å²) in [6.45, 7) is 1.42. The van der Waals surface area contributed by atoms with Crippen LogP contribution in [-0.2, 0) is 4.79 Å². The highest BCUT2D eigenvalue weighted by molar-refractivity contribution is 5.82. The molecular weight excluding hydrogens is 329 g/mol. The fourth-order valence-electron chi connectivity index (χ4n) is 2.29. The predicted octanol–water partition coefficient (Wildman–Crippen LogP) is 2.38. The quantitative estimate of drug-likeness (QED) is 0.527. The van der Waals surface area contributed by atoms with E-state index in [-0.39, 0.29) is 17.9 Å². The van der Waals surface area contributed by atoms with E-state index in [1.807, 2.05) is 0 Å². The maximum absolute atomic E-state index is 12.9. The smallest absolute Gasteiger partial charge is 0.292 e. The van der Waals surface area contributed by atoms with E-state index < -0.39 is 28.8 Å². The molecule has 2 aromatic carbocycles. The molecule has 0 spiro atoms. The van der Waals surface area contributed by atoms with Gasteiger partial charge in [0.05, 0.1) is 23.6 Å². The first-order valence-corrected chi connectivity index (χ1v) is 7.58. The standard InChI is InChI=1S/C17H18FN3O4/c1-11(17(23)12-6-8-13(18)9-7-12)20-16(22)10-19-14-4-2-3-5-15(14)21(24)25/h2-9,11,17,19,23H,10H2,1H3,(H,20,22). The summed E-state index contributed by atoms with van der Waals surface area (Å²) in [5.74, 6) is -0.854. The summed E-state index contributed by atoms with van der Waals surface area (Å²) in [7, 11) is 0. The topological polar surface area (TPSA) is 104 Å². The zero-order valence-corrected chi connectivity index (χ0v) is 13.5. The van der Waals surface area contributed by atoms with Gasteiger partial charge in [0, 0.05) is 6.07 Å². The highest BCUT2D eigenvalue weighted by atomic mass is 19.1. The number of nitrogens with zero attached hydrogens (tertiary/aromatic N) is 1. The molecule has 0 aliphatic rings. The van der Waals surface area contributed by atoms with Crippen molar-refractivity contribution in [2.75, 3.05) is 11.9 Å². The molecule has 0 aliphatic carbocycles. The number of hydrogen-bond acceptors (Lipinski definition) is 5. The van der Waals surface area contributed by atoms with Crippen LogP contribution in [0.5, 0.6) is 0 Å². The third-order valence-corrected chi connectivity index (χ3v) is 3.61. The molecule has 2 rings (SSSR count). The van der Waals surface area contributed by atoms with Crippen LogP contribution in [0.2, 0.25) is 0 Å². The van der Waals surface area contributed by atoms with Crippen molar-refractivity contribution >= 4 is 17.3 Å². The summed E-state index contributed by atoms with van der Waals surface area (Å²) in [6.07, 6.45) is -1.00. The maximum atomic E-state index is 12.9. The molecule has 2 aromatic rings. The van der Waals surface area contributed by atoms with Crippen LogP contribution >= 0.6 is 0 Å². The first-order valence-electron chi connectivity index (χ1n) is 7.58. The summed E-state index contributed by atoms with van der Waals surface area (Å²) in [4.78, 5) is 22.4. The second kappa shape index (κ2) is 8.20. The summed E-state index contributed by atoms with van der Waals surface area (Å²) >= 11 is 0. The maximum Gasteiger partial charge on any atom is 0.292 e. The van der Waals surface area contributed by atoms with Gasteiger partial charge in [-0.3, -0.25) is 14.9 Å². The highest BCUT2D eigenvalue weighted by Crippen LogP contribution is 2.22. The van der Waals surface area contributed by atoms with E-state index in [0.29, 0.717) is 5.56 Å². The van der Waals surface area contributed by atoms with Gasteiger partial charge in [-0.15, -0.1) is 0 Å². The molecule has 0 heterocycles. The second-order valence-electron chi connectivity index (χ2n) is 5.48. The van der Waals surface area contributed by atoms with Crippen molar-refractivity contribution in [1.29, 1.82) is 0 Å². The predicted molar refractivity (Wildman–Crippen MR) is 90.6 cm³/mol. The molecule has 7 nitrogen and oxygen atoms in total. The number of nitro benzene ring substituents is 1. The Balaban J connectivity index is 1.91. The molecule has 0 bridgehead atoms. The number of para-hydroxylation sites is 2. The zero-order valence-electron chi connectivity index (χ0n) is 13.5. The van der Waals surface area contributed by atoms with Crippen LogP contribution in [-0.4, -0.2) is 28.5 Å². The molecule has 3 N–H and O–H groups in total. The van der Waals surface area contributed by atoms with Gasteiger partial charge in [0.25, 0.3) is 5.69 Å². The Morgan fingerprint density at radius 2 is 1.88 bits per heavy atom. The Morgan fingerprint density at radius 1 is 1.24 bits per heavy atom. The third kappa shape index (κ3) is 4.98. The minimum atomic E-state index is -1.00. The van der Waals surface area contributed by atoms with Gasteiger partial charge in [-0.2, -0.15) is 0 Å². The molecule has 0 aromatic heterocycles. The van der Waals surface area contributed by atoms with Crippen molar-refractivity contribution in [2.24, 2.45) is 0 Å². The Hall–Kier alpha value is -3.00. The number of aliphatic hydroxyl groups excluding tert-OH is 1. The number of aliphatic hydroxyl groups is 1. The van der Waals surface area contributed by atoms with Crippen molar-refractivity contribution in [3.63, 3.8) is 0 Å². The van der Waals surface area contributed by atoms with E-state index in [4.69, 9.17) is 0 Å². The normalized spacial score (nSPS) is 12.9. The van der Waals surface area contributed by atoms with E-state index in [0.717, 1.165) is 0 Å². The van der Waals surface area contributed by atoms with Gasteiger partial charge in [-0.05, 0) is 30.7 Å². The van der Waals surface area contributed by atoms with E-state index in [1.165, 1.54) is 42.5 Å². The molecule has 0 fully saturated rings. The van der Waals surface area contributed by atoms with Crippen LogP contribution in [0.4, 0.5) is 15.8 Å². The highest BCUT2D eigenvalue weighted by Gasteiger charge is 2.19. The number of nitro groups is 1. The fourth-order valence-corrected chi connectivity index (χ4v) is 2.29. The molecule has 0 radical (unpaired) electrons. The van der Waals surface area contributed by atoms with Gasteiger partial charge >= 0.3 is 0 Å². The Morgan fingerprint density at radius 3 is 2.52 bits per heavy atom. The zero-order chi connectivity index (χ0) is 18.4. The molecule has 0 saturated heterocycles. The van der Waals surface area contributed by atoms with Crippen molar-refractivity contribution in [3.05, 3.63) is 70.0 Å². The third-order valence-electron chi connectivity index (χ3n) is 3.61. The lowest BCUT2D eigenvalue weighted by Gasteiger charge is -2.21. The molecule has 1 amide bonds. The second-order valence-corrected chi connectivity index (χ2v) is 5.48. The summed E-state index contributed by atoms with van der Waals surface area (Å²) in [5.41, 5.74) is 0.574. The number of carbonyl (C=O) groups is 1. The fraction of sp³-hybridized carbons (Fsp3) is 0.235. The van der Waals surface area contributed by atoms with Gasteiger partial charge in [0.15, 0.2) is 0 Å². The van der Waals surface area contributed by atoms with E-state index >= 15 is 0 Å². The summed E-state index contributed by atoms with van der Waals surface area (Å²) in [5, 5.41) is 26.4. The molecule has 0 saturated carbocycles. The minimum Gasteiger partial charge on any atom is -0.386 e. The lowest BCUT2D eigenvalue weighted by atomic mass is 10.0. The molecule has 132 valence electrons. The van der Waals surface area contributed by atoms with Crippen LogP contribution < -0.4 is 10.6 Å². The average molecular weight is 347 g/mol. The monoisotopic (exact) mass is 347 g/mol. The minimum absolute atomic E-state index is 0.130. The van der Waals surface area contributed by atoms with E-state index in [9.17, 15) is 24.4 Å². The SMILES string of the molecule is CC(NC(=O)CNc1ccccc1[N+](=O)[O-])C(O)c1ccc(F)cc1. The summed E-state index contributed by atoms with van der Waals surface area (Å²) in [6, 6.07) is 10.7. The van der Waals surface area contributed by atoms with Crippen molar-refractivity contribution in [3.8, 4) is 0 Å². The van der Waals surface area contributed by atoms with Crippen molar-refractivity contribution in [1.82, 2.24) is 5.32 Å². The molecular formula is C17H18FN3O4. The van der Waals surface area contributed by atoms with Crippen molar-refractivity contribution in [2.45, 2.75) is 19.1 Å². The lowest BCUT2D eigenvalue weighted by molar-refractivity contribution is -0.383. The number of nitrogens with one attached hydrogen (secondary N) is 2. The van der Waals surface area contributed by atoms with Gasteiger partial charge in [-0.25, -0.2) is 4.39 Å². The number of amides is 1. The van der Waals surface area contributed by atoms with E-state index in [2.05, 4.69) is 10.6 Å². The number of halogens is 1. The van der Waals surface area contributed by atoms with Crippen molar-refractivity contribution < 1.29 is 19.2 Å². The lowest BCUT2D eigenvalue weighted by Crippen LogP contribution is -2.40. The van der Waals surface area contributed by atoms with Gasteiger partial charge in [0.1, 0.15) is 11.5 Å². The van der Waals surface area contributed by atoms with Crippen LogP contribution in [0.25, 0.3) is 0 Å². The van der Waals surface area contributed by atoms with Gasteiger partial charge < -0.3 is 15.7 Å². The van der Waals surface area contributed by atoms with Crippen LogP contribution in [0.3, 0.4) is 0 Å². The first kappa shape index (κ1) is 18.3. The van der Waals surface area contributed by atoms with Crippen LogP contribution in [0.1, 0.15) is 18.6 Å². The van der Waals surface area contributed by atoms with Gasteiger partial charge in [-0.1, -0.05) is 24.3 Å². The first-order chi connectivity index (χ1) is 11.9. The average Bonchev–Trinajstić information content (AvgIpc) is 2.60. The van der Waals surface area contributed by atoms with E-state index in [1.54, 1.807) is 13.0 Å². The molecule has 25 heavy (non-hydrogen) atoms. The Kier molecular flexibility index (Phi) is 6.02. The molecule has 2 unspecified atom stereocenters. The molecule has 8 heteroatoms. The Labute approximate surface area is 143 Å².